The van der Waals surface area contributed by atoms with Gasteiger partial charge < -0.3 is 4.98 Å². The molecule has 1 saturated heterocycles. The van der Waals surface area contributed by atoms with Gasteiger partial charge in [0.15, 0.2) is 0 Å². The average molecular weight is 386 g/mol. The molecule has 4 nitrogen and oxygen atoms in total. The Bertz CT molecular complexity index is 1110. The van der Waals surface area contributed by atoms with E-state index in [4.69, 9.17) is 0 Å². The number of likely N-dealkylation sites (tertiary alicyclic amines) is 1. The van der Waals surface area contributed by atoms with Gasteiger partial charge in [-0.2, -0.15) is 0 Å². The Morgan fingerprint density at radius 3 is 2.76 bits per heavy atom. The van der Waals surface area contributed by atoms with Crippen molar-refractivity contribution in [3.63, 3.8) is 0 Å². The minimum Gasteiger partial charge on any atom is -0.361 e. The Hall–Kier alpha value is -2.85. The molecule has 3 aromatic rings. The third kappa shape index (κ3) is 3.28. The van der Waals surface area contributed by atoms with Gasteiger partial charge in [0.25, 0.3) is 5.91 Å². The molecule has 2 aliphatic heterocycles. The van der Waals surface area contributed by atoms with Gasteiger partial charge in [-0.1, -0.05) is 50.2 Å². The number of benzene rings is 2. The van der Waals surface area contributed by atoms with E-state index in [0.29, 0.717) is 12.1 Å². The molecule has 1 amide bonds. The molecule has 5 rings (SSSR count). The van der Waals surface area contributed by atoms with Gasteiger partial charge in [0.05, 0.1) is 12.4 Å². The van der Waals surface area contributed by atoms with E-state index in [2.05, 4.69) is 48.0 Å². The second kappa shape index (κ2) is 6.89. The molecule has 0 radical (unpaired) electrons. The summed E-state index contributed by atoms with van der Waals surface area (Å²) in [5.74, 6) is 0.0971. The molecule has 0 spiro atoms. The zero-order chi connectivity index (χ0) is 20.0. The maximum absolute atomic E-state index is 13.5. The predicted octanol–water partition coefficient (Wildman–Crippen LogP) is 5.13. The van der Waals surface area contributed by atoms with Gasteiger partial charge in [0.1, 0.15) is 0 Å². The van der Waals surface area contributed by atoms with Crippen LogP contribution in [0.25, 0.3) is 22.6 Å². The summed E-state index contributed by atoms with van der Waals surface area (Å²) in [7, 11) is 0. The lowest BCUT2D eigenvalue weighted by atomic mass is 9.84. The fourth-order valence-electron chi connectivity index (χ4n) is 4.82. The smallest absolute Gasteiger partial charge is 0.260 e. The largest absolute Gasteiger partial charge is 0.361 e. The van der Waals surface area contributed by atoms with Crippen molar-refractivity contribution in [3.8, 4) is 0 Å². The van der Waals surface area contributed by atoms with Crippen LogP contribution in [0, 0.1) is 5.41 Å². The minimum atomic E-state index is 0.0971. The molecular weight excluding hydrogens is 358 g/mol. The maximum Gasteiger partial charge on any atom is 0.260 e. The lowest BCUT2D eigenvalue weighted by molar-refractivity contribution is -0.113. The summed E-state index contributed by atoms with van der Waals surface area (Å²) in [5.41, 5.74) is 5.28. The van der Waals surface area contributed by atoms with Crippen molar-refractivity contribution in [2.24, 2.45) is 5.41 Å². The fraction of sp³-hybridized carbons (Fsp3) is 0.320. The van der Waals surface area contributed by atoms with Crippen LogP contribution in [0.2, 0.25) is 0 Å². The summed E-state index contributed by atoms with van der Waals surface area (Å²) >= 11 is 0. The van der Waals surface area contributed by atoms with Gasteiger partial charge in [0.2, 0.25) is 0 Å². The van der Waals surface area contributed by atoms with Gasteiger partial charge in [-0.3, -0.25) is 14.6 Å². The highest BCUT2D eigenvalue weighted by molar-refractivity contribution is 6.36. The second-order valence-electron chi connectivity index (χ2n) is 9.06. The maximum atomic E-state index is 13.5. The first kappa shape index (κ1) is 18.2. The quantitative estimate of drug-likeness (QED) is 0.635. The van der Waals surface area contributed by atoms with E-state index in [9.17, 15) is 4.79 Å². The van der Waals surface area contributed by atoms with Gasteiger partial charge >= 0.3 is 0 Å². The Morgan fingerprint density at radius 1 is 1.10 bits per heavy atom. The number of rotatable bonds is 3. The summed E-state index contributed by atoms with van der Waals surface area (Å²) in [4.78, 5) is 21.2. The first-order valence-electron chi connectivity index (χ1n) is 10.4. The van der Waals surface area contributed by atoms with Crippen LogP contribution in [0.15, 0.2) is 54.7 Å². The SMILES string of the molecule is CC1(C)CCCN(CN2C(=O)/C(=C\c3c[nH]c4ccccc34)c3ccccc32)C1. The summed E-state index contributed by atoms with van der Waals surface area (Å²) in [6.07, 6.45) is 6.47. The normalized spacial score (nSPS) is 20.6. The third-order valence-corrected chi connectivity index (χ3v) is 6.20. The molecule has 0 aliphatic carbocycles. The number of piperidine rings is 1. The van der Waals surface area contributed by atoms with Crippen LogP contribution in [0.3, 0.4) is 0 Å². The number of nitrogens with zero attached hydrogens (tertiary/aromatic N) is 2. The van der Waals surface area contributed by atoms with Crippen LogP contribution in [0.5, 0.6) is 0 Å². The van der Waals surface area contributed by atoms with E-state index in [1.54, 1.807) is 0 Å². The topological polar surface area (TPSA) is 39.3 Å². The van der Waals surface area contributed by atoms with Crippen molar-refractivity contribution in [3.05, 3.63) is 65.9 Å². The molecule has 2 aromatic carbocycles. The molecule has 148 valence electrons. The number of amides is 1. The van der Waals surface area contributed by atoms with Gasteiger partial charge in [-0.05, 0) is 43.0 Å². The molecule has 1 N–H and O–H groups in total. The number of carbonyl (C=O) groups excluding carboxylic acids is 1. The number of carbonyl (C=O) groups is 1. The summed E-state index contributed by atoms with van der Waals surface area (Å²) in [6, 6.07) is 16.4. The van der Waals surface area contributed by atoms with Crippen LogP contribution in [-0.2, 0) is 4.79 Å². The molecule has 1 aromatic heterocycles. The third-order valence-electron chi connectivity index (χ3n) is 6.20. The number of nitrogens with one attached hydrogen (secondary N) is 1. The fourth-order valence-corrected chi connectivity index (χ4v) is 4.82. The zero-order valence-electron chi connectivity index (χ0n) is 17.1. The molecule has 1 fully saturated rings. The van der Waals surface area contributed by atoms with Crippen molar-refractivity contribution in [2.45, 2.75) is 26.7 Å². The van der Waals surface area contributed by atoms with Crippen molar-refractivity contribution in [1.29, 1.82) is 0 Å². The summed E-state index contributed by atoms with van der Waals surface area (Å²) < 4.78 is 0. The predicted molar refractivity (Wildman–Crippen MR) is 120 cm³/mol. The highest BCUT2D eigenvalue weighted by atomic mass is 16.2. The minimum absolute atomic E-state index is 0.0971. The van der Waals surface area contributed by atoms with Crippen molar-refractivity contribution >= 4 is 34.1 Å². The monoisotopic (exact) mass is 385 g/mol. The van der Waals surface area contributed by atoms with Gasteiger partial charge in [0, 0.05) is 40.3 Å². The number of anilines is 1. The standard InChI is InChI=1S/C25H27N3O/c1-25(2)12-7-13-27(16-25)17-28-23-11-6-4-9-20(23)21(24(28)29)14-18-15-26-22-10-5-3-8-19(18)22/h3-6,8-11,14-15,26H,7,12-13,16-17H2,1-2H3/b21-14-. The summed E-state index contributed by atoms with van der Waals surface area (Å²) in [5, 5.41) is 1.14. The van der Waals surface area contributed by atoms with Crippen LogP contribution in [-0.4, -0.2) is 35.5 Å². The Kier molecular flexibility index (Phi) is 4.32. The van der Waals surface area contributed by atoms with E-state index < -0.39 is 0 Å². The molecule has 0 saturated carbocycles. The molecule has 4 heteroatoms. The van der Waals surface area contributed by atoms with Crippen LogP contribution >= 0.6 is 0 Å². The Morgan fingerprint density at radius 2 is 1.90 bits per heavy atom. The zero-order valence-corrected chi connectivity index (χ0v) is 17.1. The van der Waals surface area contributed by atoms with Crippen LogP contribution < -0.4 is 4.90 Å². The van der Waals surface area contributed by atoms with E-state index in [-0.39, 0.29) is 5.91 Å². The van der Waals surface area contributed by atoms with E-state index in [1.807, 2.05) is 41.4 Å². The number of hydrogen-bond acceptors (Lipinski definition) is 2. The van der Waals surface area contributed by atoms with Crippen molar-refractivity contribution in [2.75, 3.05) is 24.7 Å². The van der Waals surface area contributed by atoms with Crippen LogP contribution in [0.4, 0.5) is 5.69 Å². The van der Waals surface area contributed by atoms with E-state index in [0.717, 1.165) is 46.4 Å². The molecular formula is C25H27N3O. The number of aromatic amines is 1. The first-order valence-corrected chi connectivity index (χ1v) is 10.4. The molecule has 29 heavy (non-hydrogen) atoms. The second-order valence-corrected chi connectivity index (χ2v) is 9.06. The number of para-hydroxylation sites is 2. The Balaban J connectivity index is 1.51. The highest BCUT2D eigenvalue weighted by Gasteiger charge is 2.35. The van der Waals surface area contributed by atoms with E-state index >= 15 is 0 Å². The molecule has 0 atom stereocenters. The molecule has 3 heterocycles. The number of hydrogen-bond donors (Lipinski definition) is 1. The van der Waals surface area contributed by atoms with Crippen molar-refractivity contribution < 1.29 is 4.79 Å². The van der Waals surface area contributed by atoms with Gasteiger partial charge in [-0.15, -0.1) is 0 Å². The molecule has 0 unspecified atom stereocenters. The van der Waals surface area contributed by atoms with Gasteiger partial charge in [-0.25, -0.2) is 0 Å². The van der Waals surface area contributed by atoms with E-state index in [1.165, 1.54) is 12.8 Å². The number of fused-ring (bicyclic) bond motifs is 2. The molecule has 0 bridgehead atoms. The molecule has 2 aliphatic rings. The lowest BCUT2D eigenvalue weighted by Crippen LogP contribution is -2.46. The Labute approximate surface area is 171 Å². The first-order chi connectivity index (χ1) is 14.0. The highest BCUT2D eigenvalue weighted by Crippen LogP contribution is 2.39. The summed E-state index contributed by atoms with van der Waals surface area (Å²) in [6.45, 7) is 7.38. The van der Waals surface area contributed by atoms with Crippen LogP contribution in [0.1, 0.15) is 37.8 Å². The average Bonchev–Trinajstić information content (AvgIpc) is 3.23. The number of aromatic nitrogens is 1. The van der Waals surface area contributed by atoms with Crippen molar-refractivity contribution in [1.82, 2.24) is 9.88 Å². The lowest BCUT2D eigenvalue weighted by Gasteiger charge is -2.39. The number of H-pyrrole nitrogens is 1.